The number of rotatable bonds is 7. The quantitative estimate of drug-likeness (QED) is 0.844. The van der Waals surface area contributed by atoms with Crippen LogP contribution in [0.15, 0.2) is 34.7 Å². The number of carboxylic acids is 1. The van der Waals surface area contributed by atoms with Gasteiger partial charge in [0.05, 0.1) is 6.54 Å². The number of hydrogen-bond acceptors (Lipinski definition) is 4. The van der Waals surface area contributed by atoms with E-state index in [0.717, 1.165) is 12.0 Å². The van der Waals surface area contributed by atoms with Gasteiger partial charge in [-0.25, -0.2) is 4.79 Å². The van der Waals surface area contributed by atoms with Crippen LogP contribution in [-0.2, 0) is 17.8 Å². The Morgan fingerprint density at radius 1 is 1.29 bits per heavy atom. The zero-order valence-electron chi connectivity index (χ0n) is 14.0. The van der Waals surface area contributed by atoms with Crippen LogP contribution < -0.4 is 4.74 Å². The van der Waals surface area contributed by atoms with E-state index < -0.39 is 5.97 Å². The fraction of sp³-hybridized carbons (Fsp3) is 0.333. The predicted molar refractivity (Wildman–Crippen MR) is 88.2 cm³/mol. The van der Waals surface area contributed by atoms with Crippen molar-refractivity contribution < 1.29 is 23.8 Å². The second-order valence-electron chi connectivity index (χ2n) is 5.49. The van der Waals surface area contributed by atoms with E-state index in [1.807, 2.05) is 31.2 Å². The molecule has 0 bridgehead atoms. The van der Waals surface area contributed by atoms with Crippen molar-refractivity contribution in [1.82, 2.24) is 4.90 Å². The zero-order chi connectivity index (χ0) is 17.7. The number of nitrogens with zero attached hydrogens (tertiary/aromatic N) is 1. The fourth-order valence-corrected chi connectivity index (χ4v) is 2.34. The standard InChI is InChI=1S/C18H21NO5/c1-4-13-7-5-6-8-16(13)23-11-17(20)19(3)10-14-9-15(18(21)22)12(2)24-14/h5-9H,4,10-11H2,1-3H3,(H,21,22). The summed E-state index contributed by atoms with van der Waals surface area (Å²) in [7, 11) is 1.62. The molecule has 0 radical (unpaired) electrons. The number of furan rings is 1. The largest absolute Gasteiger partial charge is 0.483 e. The molecule has 1 heterocycles. The van der Waals surface area contributed by atoms with Gasteiger partial charge in [0.1, 0.15) is 22.8 Å². The number of hydrogen-bond donors (Lipinski definition) is 1. The fourth-order valence-electron chi connectivity index (χ4n) is 2.34. The van der Waals surface area contributed by atoms with Gasteiger partial charge >= 0.3 is 5.97 Å². The van der Waals surface area contributed by atoms with Crippen LogP contribution in [0.5, 0.6) is 5.75 Å². The second kappa shape index (κ2) is 7.68. The van der Waals surface area contributed by atoms with E-state index >= 15 is 0 Å². The molecule has 128 valence electrons. The van der Waals surface area contributed by atoms with Crippen molar-refractivity contribution in [3.8, 4) is 5.75 Å². The van der Waals surface area contributed by atoms with Gasteiger partial charge in [-0.05, 0) is 31.0 Å². The Morgan fingerprint density at radius 2 is 2.00 bits per heavy atom. The molecule has 6 nitrogen and oxygen atoms in total. The molecule has 1 amide bonds. The van der Waals surface area contributed by atoms with Crippen molar-refractivity contribution in [1.29, 1.82) is 0 Å². The first-order valence-electron chi connectivity index (χ1n) is 7.69. The van der Waals surface area contributed by atoms with Crippen LogP contribution >= 0.6 is 0 Å². The van der Waals surface area contributed by atoms with Crippen LogP contribution in [-0.4, -0.2) is 35.5 Å². The van der Waals surface area contributed by atoms with Gasteiger partial charge in [-0.1, -0.05) is 25.1 Å². The Morgan fingerprint density at radius 3 is 2.62 bits per heavy atom. The zero-order valence-corrected chi connectivity index (χ0v) is 14.0. The number of ether oxygens (including phenoxy) is 1. The summed E-state index contributed by atoms with van der Waals surface area (Å²) in [6, 6.07) is 9.03. The van der Waals surface area contributed by atoms with E-state index in [2.05, 4.69) is 0 Å². The highest BCUT2D eigenvalue weighted by Crippen LogP contribution is 2.19. The lowest BCUT2D eigenvalue weighted by molar-refractivity contribution is -0.132. The number of aromatic carboxylic acids is 1. The van der Waals surface area contributed by atoms with E-state index in [-0.39, 0.29) is 24.6 Å². The van der Waals surface area contributed by atoms with Crippen LogP contribution in [0.2, 0.25) is 0 Å². The summed E-state index contributed by atoms with van der Waals surface area (Å²) in [6.07, 6.45) is 0.823. The van der Waals surface area contributed by atoms with Crippen molar-refractivity contribution >= 4 is 11.9 Å². The number of amides is 1. The third-order valence-electron chi connectivity index (χ3n) is 3.72. The summed E-state index contributed by atoms with van der Waals surface area (Å²) >= 11 is 0. The summed E-state index contributed by atoms with van der Waals surface area (Å²) in [5.41, 5.74) is 1.15. The number of carbonyl (C=O) groups is 2. The molecule has 0 atom stereocenters. The minimum absolute atomic E-state index is 0.0843. The topological polar surface area (TPSA) is 80.0 Å². The van der Waals surface area contributed by atoms with Gasteiger partial charge in [0.15, 0.2) is 6.61 Å². The number of aryl methyl sites for hydroxylation is 2. The summed E-state index contributed by atoms with van der Waals surface area (Å²) < 4.78 is 11.0. The molecule has 1 aromatic heterocycles. The molecule has 0 unspecified atom stereocenters. The van der Waals surface area contributed by atoms with Crippen LogP contribution in [0.4, 0.5) is 0 Å². The number of carboxylic acid groups (broad SMARTS) is 1. The summed E-state index contributed by atoms with van der Waals surface area (Å²) in [4.78, 5) is 24.6. The normalized spacial score (nSPS) is 10.5. The lowest BCUT2D eigenvalue weighted by Crippen LogP contribution is -2.30. The Hall–Kier alpha value is -2.76. The molecule has 0 saturated heterocycles. The average molecular weight is 331 g/mol. The molecular formula is C18H21NO5. The summed E-state index contributed by atoms with van der Waals surface area (Å²) in [5.74, 6) is 0.188. The molecule has 0 aliphatic heterocycles. The van der Waals surface area contributed by atoms with Crippen molar-refractivity contribution in [2.24, 2.45) is 0 Å². The smallest absolute Gasteiger partial charge is 0.339 e. The molecule has 0 aliphatic carbocycles. The lowest BCUT2D eigenvalue weighted by Gasteiger charge is -2.17. The molecule has 6 heteroatoms. The number of likely N-dealkylation sites (N-methyl/N-ethyl adjacent to an activating group) is 1. The highest BCUT2D eigenvalue weighted by molar-refractivity contribution is 5.88. The van der Waals surface area contributed by atoms with Crippen LogP contribution in [0, 0.1) is 6.92 Å². The van der Waals surface area contributed by atoms with Gasteiger partial charge < -0.3 is 19.2 Å². The van der Waals surface area contributed by atoms with Crippen LogP contribution in [0.25, 0.3) is 0 Å². The first kappa shape index (κ1) is 17.6. The van der Waals surface area contributed by atoms with Crippen molar-refractivity contribution in [3.05, 3.63) is 53.0 Å². The van der Waals surface area contributed by atoms with Crippen molar-refractivity contribution in [2.75, 3.05) is 13.7 Å². The van der Waals surface area contributed by atoms with Gasteiger partial charge in [0.25, 0.3) is 5.91 Å². The molecule has 0 fully saturated rings. The molecule has 1 N–H and O–H groups in total. The molecular weight excluding hydrogens is 310 g/mol. The highest BCUT2D eigenvalue weighted by atomic mass is 16.5. The van der Waals surface area contributed by atoms with Gasteiger partial charge in [-0.15, -0.1) is 0 Å². The van der Waals surface area contributed by atoms with E-state index in [9.17, 15) is 9.59 Å². The summed E-state index contributed by atoms with van der Waals surface area (Å²) in [5, 5.41) is 9.02. The molecule has 2 aromatic rings. The van der Waals surface area contributed by atoms with E-state index in [0.29, 0.717) is 17.3 Å². The molecule has 24 heavy (non-hydrogen) atoms. The Labute approximate surface area is 140 Å². The minimum Gasteiger partial charge on any atom is -0.483 e. The highest BCUT2D eigenvalue weighted by Gasteiger charge is 2.17. The minimum atomic E-state index is -1.05. The number of carbonyl (C=O) groups excluding carboxylic acids is 1. The molecule has 1 aromatic carbocycles. The van der Waals surface area contributed by atoms with Crippen LogP contribution in [0.1, 0.15) is 34.4 Å². The third kappa shape index (κ3) is 4.16. The molecule has 2 rings (SSSR count). The van der Waals surface area contributed by atoms with Crippen LogP contribution in [0.3, 0.4) is 0 Å². The van der Waals surface area contributed by atoms with Crippen molar-refractivity contribution in [2.45, 2.75) is 26.8 Å². The maximum Gasteiger partial charge on any atom is 0.339 e. The van der Waals surface area contributed by atoms with Crippen molar-refractivity contribution in [3.63, 3.8) is 0 Å². The maximum atomic E-state index is 12.2. The molecule has 0 spiro atoms. The Balaban J connectivity index is 1.95. The summed E-state index contributed by atoms with van der Waals surface area (Å²) in [6.45, 7) is 3.71. The van der Waals surface area contributed by atoms with Gasteiger partial charge in [-0.3, -0.25) is 4.79 Å². The van der Waals surface area contributed by atoms with Gasteiger partial charge in [0.2, 0.25) is 0 Å². The third-order valence-corrected chi connectivity index (χ3v) is 3.72. The molecule has 0 aliphatic rings. The van der Waals surface area contributed by atoms with Gasteiger partial charge in [0, 0.05) is 7.05 Å². The maximum absolute atomic E-state index is 12.2. The average Bonchev–Trinajstić information content (AvgIpc) is 2.93. The lowest BCUT2D eigenvalue weighted by atomic mass is 10.1. The number of para-hydroxylation sites is 1. The monoisotopic (exact) mass is 331 g/mol. The van der Waals surface area contributed by atoms with E-state index in [1.54, 1.807) is 14.0 Å². The second-order valence-corrected chi connectivity index (χ2v) is 5.49. The van der Waals surface area contributed by atoms with E-state index in [4.69, 9.17) is 14.3 Å². The Bertz CT molecular complexity index is 735. The first-order chi connectivity index (χ1) is 11.4. The predicted octanol–water partition coefficient (Wildman–Crippen LogP) is 2.89. The van der Waals surface area contributed by atoms with E-state index in [1.165, 1.54) is 11.0 Å². The SMILES string of the molecule is CCc1ccccc1OCC(=O)N(C)Cc1cc(C(=O)O)c(C)o1. The Kier molecular flexibility index (Phi) is 5.63. The number of benzene rings is 1. The first-order valence-corrected chi connectivity index (χ1v) is 7.69. The molecule has 0 saturated carbocycles. The van der Waals surface area contributed by atoms with Gasteiger partial charge in [-0.2, -0.15) is 0 Å².